The Morgan fingerprint density at radius 1 is 1.44 bits per heavy atom. The molecule has 1 amide bonds. The van der Waals surface area contributed by atoms with Crippen molar-refractivity contribution in [2.75, 3.05) is 19.7 Å². The number of rotatable bonds is 6. The molecule has 134 valence electrons. The van der Waals surface area contributed by atoms with Gasteiger partial charge in [0, 0.05) is 25.9 Å². The lowest BCUT2D eigenvalue weighted by atomic mass is 9.98. The van der Waals surface area contributed by atoms with Crippen LogP contribution in [0.15, 0.2) is 27.3 Å². The van der Waals surface area contributed by atoms with Crippen molar-refractivity contribution in [3.05, 3.63) is 24.3 Å². The predicted molar refractivity (Wildman–Crippen MR) is 86.3 cm³/mol. The number of furan rings is 1. The van der Waals surface area contributed by atoms with E-state index in [1.165, 1.54) is 6.26 Å². The van der Waals surface area contributed by atoms with E-state index in [4.69, 9.17) is 13.7 Å². The smallest absolute Gasteiger partial charge is 0.310 e. The number of ether oxygens (including phenoxy) is 1. The number of hydrogen-bond acceptors (Lipinski definition) is 7. The first-order valence-electron chi connectivity index (χ1n) is 8.48. The number of amides is 1. The van der Waals surface area contributed by atoms with Gasteiger partial charge in [-0.3, -0.25) is 9.59 Å². The van der Waals surface area contributed by atoms with Crippen LogP contribution in [0.25, 0.3) is 11.6 Å². The summed E-state index contributed by atoms with van der Waals surface area (Å²) in [6.07, 6.45) is 3.71. The fourth-order valence-electron chi connectivity index (χ4n) is 2.89. The van der Waals surface area contributed by atoms with Gasteiger partial charge in [0.15, 0.2) is 5.76 Å². The molecule has 1 atom stereocenters. The summed E-state index contributed by atoms with van der Waals surface area (Å²) in [6.45, 7) is 3.22. The Hall–Kier alpha value is -2.64. The second-order valence-electron chi connectivity index (χ2n) is 5.92. The van der Waals surface area contributed by atoms with Gasteiger partial charge in [-0.2, -0.15) is 4.98 Å². The number of carbonyl (C=O) groups is 2. The number of piperidine rings is 1. The Balaban J connectivity index is 1.51. The number of esters is 1. The Morgan fingerprint density at radius 2 is 2.32 bits per heavy atom. The van der Waals surface area contributed by atoms with Crippen molar-refractivity contribution < 1.29 is 23.3 Å². The van der Waals surface area contributed by atoms with Gasteiger partial charge in [-0.25, -0.2) is 0 Å². The lowest BCUT2D eigenvalue weighted by molar-refractivity contribution is -0.151. The molecular formula is C17H21N3O5. The summed E-state index contributed by atoms with van der Waals surface area (Å²) in [5, 5.41) is 3.84. The van der Waals surface area contributed by atoms with Crippen molar-refractivity contribution in [1.82, 2.24) is 15.0 Å². The molecule has 1 saturated heterocycles. The van der Waals surface area contributed by atoms with E-state index in [9.17, 15) is 9.59 Å². The molecule has 0 bridgehead atoms. The normalized spacial score (nSPS) is 17.5. The predicted octanol–water partition coefficient (Wildman–Crippen LogP) is 2.06. The van der Waals surface area contributed by atoms with Crippen molar-refractivity contribution in [3.8, 4) is 11.6 Å². The lowest BCUT2D eigenvalue weighted by Gasteiger charge is -2.31. The van der Waals surface area contributed by atoms with E-state index in [1.54, 1.807) is 24.0 Å². The summed E-state index contributed by atoms with van der Waals surface area (Å²) in [5.41, 5.74) is 0. The first-order valence-corrected chi connectivity index (χ1v) is 8.48. The van der Waals surface area contributed by atoms with Gasteiger partial charge in [0.25, 0.3) is 0 Å². The molecule has 2 aromatic rings. The quantitative estimate of drug-likeness (QED) is 0.738. The highest BCUT2D eigenvalue weighted by Crippen LogP contribution is 2.20. The van der Waals surface area contributed by atoms with Crippen molar-refractivity contribution in [2.24, 2.45) is 5.92 Å². The molecule has 1 aliphatic heterocycles. The summed E-state index contributed by atoms with van der Waals surface area (Å²) in [7, 11) is 0. The van der Waals surface area contributed by atoms with Crippen LogP contribution in [0.3, 0.4) is 0 Å². The maximum atomic E-state index is 12.4. The maximum Gasteiger partial charge on any atom is 0.310 e. The molecule has 8 nitrogen and oxygen atoms in total. The van der Waals surface area contributed by atoms with Crippen molar-refractivity contribution in [3.63, 3.8) is 0 Å². The third-order valence-corrected chi connectivity index (χ3v) is 4.16. The number of hydrogen-bond donors (Lipinski definition) is 0. The highest BCUT2D eigenvalue weighted by molar-refractivity contribution is 5.78. The molecule has 0 spiro atoms. The Labute approximate surface area is 145 Å². The van der Waals surface area contributed by atoms with Gasteiger partial charge in [0.1, 0.15) is 0 Å². The zero-order valence-electron chi connectivity index (χ0n) is 14.1. The van der Waals surface area contributed by atoms with Crippen LogP contribution in [0.5, 0.6) is 0 Å². The molecule has 0 N–H and O–H groups in total. The average molecular weight is 347 g/mol. The average Bonchev–Trinajstić information content (AvgIpc) is 3.31. The van der Waals surface area contributed by atoms with Crippen LogP contribution >= 0.6 is 0 Å². The van der Waals surface area contributed by atoms with E-state index in [1.807, 2.05) is 0 Å². The van der Waals surface area contributed by atoms with E-state index < -0.39 is 0 Å². The first-order chi connectivity index (χ1) is 12.2. The molecule has 1 unspecified atom stereocenters. The number of aryl methyl sites for hydroxylation is 1. The van der Waals surface area contributed by atoms with E-state index >= 15 is 0 Å². The summed E-state index contributed by atoms with van der Waals surface area (Å²) in [5.74, 6) is 0.805. The minimum atomic E-state index is -0.230. The van der Waals surface area contributed by atoms with Gasteiger partial charge in [0.2, 0.25) is 17.6 Å². The van der Waals surface area contributed by atoms with Crippen molar-refractivity contribution in [2.45, 2.75) is 32.6 Å². The molecule has 1 aliphatic rings. The number of nitrogens with zero attached hydrogens (tertiary/aromatic N) is 3. The number of carbonyl (C=O) groups excluding carboxylic acids is 2. The number of likely N-dealkylation sites (tertiary alicyclic amines) is 1. The minimum Gasteiger partial charge on any atom is -0.466 e. The third kappa shape index (κ3) is 4.26. The monoisotopic (exact) mass is 347 g/mol. The Kier molecular flexibility index (Phi) is 5.47. The SMILES string of the molecule is CCOC(=O)C1CCCN(C(=O)CCc2nc(-c3ccco3)no2)C1. The standard InChI is InChI=1S/C17H21N3O5/c1-2-23-17(22)12-5-3-9-20(11-12)15(21)8-7-14-18-16(19-25-14)13-6-4-10-24-13/h4,6,10,12H,2-3,5,7-9,11H2,1H3. The fraction of sp³-hybridized carbons (Fsp3) is 0.529. The topological polar surface area (TPSA) is 98.7 Å². The highest BCUT2D eigenvalue weighted by atomic mass is 16.5. The van der Waals surface area contributed by atoms with E-state index in [-0.39, 0.29) is 24.2 Å². The molecule has 0 aliphatic carbocycles. The van der Waals surface area contributed by atoms with Gasteiger partial charge >= 0.3 is 5.97 Å². The molecule has 3 heterocycles. The molecule has 0 saturated carbocycles. The molecule has 8 heteroatoms. The van der Waals surface area contributed by atoms with Crippen LogP contribution in [0.4, 0.5) is 0 Å². The maximum absolute atomic E-state index is 12.4. The summed E-state index contributed by atoms with van der Waals surface area (Å²) < 4.78 is 15.4. The first kappa shape index (κ1) is 17.2. The summed E-state index contributed by atoms with van der Waals surface area (Å²) >= 11 is 0. The zero-order valence-corrected chi connectivity index (χ0v) is 14.1. The highest BCUT2D eigenvalue weighted by Gasteiger charge is 2.29. The Morgan fingerprint density at radius 3 is 3.08 bits per heavy atom. The van der Waals surface area contributed by atoms with Crippen LogP contribution in [0, 0.1) is 5.92 Å². The van der Waals surface area contributed by atoms with Crippen LogP contribution in [0.1, 0.15) is 32.1 Å². The van der Waals surface area contributed by atoms with E-state index in [0.29, 0.717) is 43.6 Å². The number of aromatic nitrogens is 2. The van der Waals surface area contributed by atoms with Crippen LogP contribution in [0.2, 0.25) is 0 Å². The van der Waals surface area contributed by atoms with E-state index in [0.717, 1.165) is 12.8 Å². The largest absolute Gasteiger partial charge is 0.466 e. The van der Waals surface area contributed by atoms with Gasteiger partial charge in [0.05, 0.1) is 18.8 Å². The zero-order chi connectivity index (χ0) is 17.6. The fourth-order valence-corrected chi connectivity index (χ4v) is 2.89. The van der Waals surface area contributed by atoms with Gasteiger partial charge in [-0.15, -0.1) is 0 Å². The van der Waals surface area contributed by atoms with Crippen LogP contribution in [-0.4, -0.2) is 46.6 Å². The molecule has 3 rings (SSSR count). The molecule has 1 fully saturated rings. The van der Waals surface area contributed by atoms with Crippen molar-refractivity contribution >= 4 is 11.9 Å². The second kappa shape index (κ2) is 7.96. The van der Waals surface area contributed by atoms with Crippen LogP contribution in [-0.2, 0) is 20.7 Å². The molecular weight excluding hydrogens is 326 g/mol. The van der Waals surface area contributed by atoms with Gasteiger partial charge in [-0.05, 0) is 31.9 Å². The second-order valence-corrected chi connectivity index (χ2v) is 5.92. The molecule has 2 aromatic heterocycles. The molecule has 0 radical (unpaired) electrons. The third-order valence-electron chi connectivity index (χ3n) is 4.16. The lowest BCUT2D eigenvalue weighted by Crippen LogP contribution is -2.42. The van der Waals surface area contributed by atoms with Gasteiger partial charge < -0.3 is 18.6 Å². The summed E-state index contributed by atoms with van der Waals surface area (Å²) in [4.78, 5) is 30.2. The van der Waals surface area contributed by atoms with Crippen LogP contribution < -0.4 is 0 Å². The summed E-state index contributed by atoms with van der Waals surface area (Å²) in [6, 6.07) is 3.48. The van der Waals surface area contributed by atoms with Crippen molar-refractivity contribution in [1.29, 1.82) is 0 Å². The minimum absolute atomic E-state index is 0.0215. The molecule has 0 aromatic carbocycles. The molecule has 25 heavy (non-hydrogen) atoms. The van der Waals surface area contributed by atoms with Gasteiger partial charge in [-0.1, -0.05) is 5.16 Å². The van der Waals surface area contributed by atoms with E-state index in [2.05, 4.69) is 10.1 Å². The Bertz CT molecular complexity index is 710.